The van der Waals surface area contributed by atoms with Gasteiger partial charge in [-0.2, -0.15) is 4.98 Å². The van der Waals surface area contributed by atoms with Gasteiger partial charge in [-0.05, 0) is 56.7 Å². The average Bonchev–Trinajstić information content (AvgIpc) is 3.12. The lowest BCUT2D eigenvalue weighted by atomic mass is 10.2. The monoisotopic (exact) mass is 461 g/mol. The van der Waals surface area contributed by atoms with Gasteiger partial charge >= 0.3 is 0 Å². The van der Waals surface area contributed by atoms with E-state index in [1.807, 2.05) is 48.7 Å². The third-order valence-electron chi connectivity index (χ3n) is 4.88. The zero-order valence-electron chi connectivity index (χ0n) is 18.4. The molecule has 0 aliphatic rings. The normalized spacial score (nSPS) is 11.6. The van der Waals surface area contributed by atoms with Gasteiger partial charge in [-0.15, -0.1) is 0 Å². The molecular weight excluding hydrogens is 438 g/mol. The lowest BCUT2D eigenvalue weighted by molar-refractivity contribution is 0.459. The molecule has 0 aliphatic carbocycles. The van der Waals surface area contributed by atoms with Crippen LogP contribution in [0.5, 0.6) is 11.6 Å². The minimum Gasteiger partial charge on any atom is -0.439 e. The fourth-order valence-electron chi connectivity index (χ4n) is 3.07. The second kappa shape index (κ2) is 9.25. The number of nitrogens with zero attached hydrogens (tertiary/aromatic N) is 4. The number of rotatable bonds is 7. The van der Waals surface area contributed by atoms with Crippen LogP contribution in [0.2, 0.25) is 0 Å². The van der Waals surface area contributed by atoms with Crippen LogP contribution in [0.15, 0.2) is 72.4 Å². The zero-order valence-corrected chi connectivity index (χ0v) is 19.2. The Morgan fingerprint density at radius 2 is 1.70 bits per heavy atom. The van der Waals surface area contributed by atoms with Crippen molar-refractivity contribution in [3.8, 4) is 17.4 Å². The number of hydrogen-bond donors (Lipinski definition) is 1. The maximum Gasteiger partial charge on any atom is 0.255 e. The Morgan fingerprint density at radius 3 is 2.36 bits per heavy atom. The summed E-state index contributed by atoms with van der Waals surface area (Å²) in [6.45, 7) is 5.69. The number of aryl methyl sites for hydroxylation is 2. The minimum atomic E-state index is -3.65. The molecule has 0 atom stereocenters. The molecule has 168 valence electrons. The molecular formula is C24H23N5O3S. The van der Waals surface area contributed by atoms with E-state index in [9.17, 15) is 8.42 Å². The van der Waals surface area contributed by atoms with Crippen molar-refractivity contribution >= 4 is 21.8 Å². The van der Waals surface area contributed by atoms with E-state index in [0.717, 1.165) is 22.4 Å². The van der Waals surface area contributed by atoms with E-state index in [-0.39, 0.29) is 0 Å². The van der Waals surface area contributed by atoms with E-state index in [1.54, 1.807) is 43.6 Å². The summed E-state index contributed by atoms with van der Waals surface area (Å²) in [5.74, 6) is 2.11. The smallest absolute Gasteiger partial charge is 0.255 e. The maximum atomic E-state index is 12.3. The largest absolute Gasteiger partial charge is 0.439 e. The second-order valence-electron chi connectivity index (χ2n) is 7.38. The van der Waals surface area contributed by atoms with E-state index in [2.05, 4.69) is 19.7 Å². The highest BCUT2D eigenvalue weighted by atomic mass is 32.2. The van der Waals surface area contributed by atoms with Crippen LogP contribution < -0.4 is 9.46 Å². The van der Waals surface area contributed by atoms with E-state index < -0.39 is 10.0 Å². The summed E-state index contributed by atoms with van der Waals surface area (Å²) < 4.78 is 34.9. The fourth-order valence-corrected chi connectivity index (χ4v) is 3.94. The summed E-state index contributed by atoms with van der Waals surface area (Å²) in [4.78, 5) is 13.1. The Labute approximate surface area is 192 Å². The number of nitrogens with one attached hydrogen (secondary N) is 1. The van der Waals surface area contributed by atoms with E-state index >= 15 is 0 Å². The minimum absolute atomic E-state index is 0.377. The van der Waals surface area contributed by atoms with Gasteiger partial charge in [0.2, 0.25) is 5.88 Å². The first-order chi connectivity index (χ1) is 15.8. The topological polar surface area (TPSA) is 99.0 Å². The van der Waals surface area contributed by atoms with Gasteiger partial charge in [0.1, 0.15) is 23.7 Å². The molecule has 0 fully saturated rings. The van der Waals surface area contributed by atoms with Crippen LogP contribution in [0.3, 0.4) is 0 Å². The molecule has 8 nitrogen and oxygen atoms in total. The molecule has 0 saturated carbocycles. The van der Waals surface area contributed by atoms with Crippen molar-refractivity contribution < 1.29 is 13.2 Å². The van der Waals surface area contributed by atoms with Crippen LogP contribution in [-0.4, -0.2) is 27.9 Å². The molecule has 0 spiro atoms. The van der Waals surface area contributed by atoms with Gasteiger partial charge < -0.3 is 4.74 Å². The van der Waals surface area contributed by atoms with Crippen LogP contribution in [0, 0.1) is 20.8 Å². The Hall–Kier alpha value is -3.98. The molecule has 1 N–H and O–H groups in total. The van der Waals surface area contributed by atoms with Gasteiger partial charge in [0.05, 0.1) is 11.1 Å². The van der Waals surface area contributed by atoms with Crippen molar-refractivity contribution in [1.82, 2.24) is 19.5 Å². The SMILES string of the molecule is Cc1nc(Oc2ccc(NS(=O)(=O)/C=C/c3ccccc3)cc2)cc(-n2cnc(C)c2C)n1. The zero-order chi connectivity index (χ0) is 23.4. The van der Waals surface area contributed by atoms with Gasteiger partial charge in [0, 0.05) is 17.4 Å². The number of aromatic nitrogens is 4. The quantitative estimate of drug-likeness (QED) is 0.425. The number of sulfonamides is 1. The first-order valence-electron chi connectivity index (χ1n) is 10.2. The summed E-state index contributed by atoms with van der Waals surface area (Å²) in [7, 11) is -3.65. The molecule has 0 aliphatic heterocycles. The number of benzene rings is 2. The molecule has 9 heteroatoms. The molecule has 0 saturated heterocycles. The van der Waals surface area contributed by atoms with Crippen LogP contribution >= 0.6 is 0 Å². The lowest BCUT2D eigenvalue weighted by Gasteiger charge is -2.10. The summed E-state index contributed by atoms with van der Waals surface area (Å²) in [6.07, 6.45) is 3.25. The number of imidazole rings is 1. The van der Waals surface area contributed by atoms with Crippen molar-refractivity contribution in [2.75, 3.05) is 4.72 Å². The molecule has 0 amide bonds. The third kappa shape index (κ3) is 5.64. The van der Waals surface area contributed by atoms with Gasteiger partial charge in [0.25, 0.3) is 10.0 Å². The van der Waals surface area contributed by atoms with Gasteiger partial charge in [-0.1, -0.05) is 30.3 Å². The predicted octanol–water partition coefficient (Wildman–Crippen LogP) is 4.79. The van der Waals surface area contributed by atoms with Gasteiger partial charge in [-0.25, -0.2) is 18.4 Å². The summed E-state index contributed by atoms with van der Waals surface area (Å²) in [5.41, 5.74) is 3.12. The van der Waals surface area contributed by atoms with Gasteiger partial charge in [0.15, 0.2) is 0 Å². The van der Waals surface area contributed by atoms with Crippen LogP contribution in [-0.2, 0) is 10.0 Å². The first-order valence-corrected chi connectivity index (χ1v) is 11.7. The Bertz CT molecular complexity index is 1400. The molecule has 33 heavy (non-hydrogen) atoms. The van der Waals surface area contributed by atoms with Crippen LogP contribution in [0.25, 0.3) is 11.9 Å². The summed E-state index contributed by atoms with van der Waals surface area (Å²) in [5, 5.41) is 1.14. The molecule has 4 rings (SSSR count). The highest BCUT2D eigenvalue weighted by Gasteiger charge is 2.11. The van der Waals surface area contributed by atoms with E-state index in [1.165, 1.54) is 6.08 Å². The number of ether oxygens (including phenoxy) is 1. The molecule has 2 heterocycles. The Morgan fingerprint density at radius 1 is 0.970 bits per heavy atom. The molecule has 0 unspecified atom stereocenters. The van der Waals surface area contributed by atoms with Crippen molar-refractivity contribution in [2.24, 2.45) is 0 Å². The Kier molecular flexibility index (Phi) is 6.23. The highest BCUT2D eigenvalue weighted by Crippen LogP contribution is 2.24. The lowest BCUT2D eigenvalue weighted by Crippen LogP contribution is -2.08. The number of hydrogen-bond acceptors (Lipinski definition) is 6. The van der Waals surface area contributed by atoms with Gasteiger partial charge in [-0.3, -0.25) is 9.29 Å². The molecule has 2 aromatic heterocycles. The van der Waals surface area contributed by atoms with Crippen molar-refractivity contribution in [3.05, 3.63) is 95.2 Å². The summed E-state index contributed by atoms with van der Waals surface area (Å²) in [6, 6.07) is 17.5. The van der Waals surface area contributed by atoms with E-state index in [4.69, 9.17) is 4.74 Å². The standard InChI is InChI=1S/C24H23N5O3S/c1-17-18(2)29(16-25-17)23-15-24(27-19(3)26-23)32-22-11-9-21(10-12-22)28-33(30,31)14-13-20-7-5-4-6-8-20/h4-16,28H,1-3H3/b14-13+. The van der Waals surface area contributed by atoms with Crippen LogP contribution in [0.4, 0.5) is 5.69 Å². The molecule has 0 bridgehead atoms. The van der Waals surface area contributed by atoms with Crippen molar-refractivity contribution in [3.63, 3.8) is 0 Å². The first kappa shape index (κ1) is 22.2. The highest BCUT2D eigenvalue weighted by molar-refractivity contribution is 7.95. The Balaban J connectivity index is 1.47. The molecule has 4 aromatic rings. The number of anilines is 1. The second-order valence-corrected chi connectivity index (χ2v) is 8.95. The summed E-state index contributed by atoms with van der Waals surface area (Å²) >= 11 is 0. The fraction of sp³-hybridized carbons (Fsp3) is 0.125. The maximum absolute atomic E-state index is 12.3. The third-order valence-corrected chi connectivity index (χ3v) is 5.89. The predicted molar refractivity (Wildman–Crippen MR) is 128 cm³/mol. The van der Waals surface area contributed by atoms with Crippen molar-refractivity contribution in [1.29, 1.82) is 0 Å². The van der Waals surface area contributed by atoms with Crippen molar-refractivity contribution in [2.45, 2.75) is 20.8 Å². The molecule has 2 aromatic carbocycles. The average molecular weight is 462 g/mol. The van der Waals surface area contributed by atoms with E-state index in [0.29, 0.717) is 29.0 Å². The molecule has 0 radical (unpaired) electrons. The van der Waals surface area contributed by atoms with Crippen LogP contribution in [0.1, 0.15) is 22.8 Å².